The highest BCUT2D eigenvalue weighted by Crippen LogP contribution is 2.24. The molecule has 2 saturated heterocycles. The topological polar surface area (TPSA) is 92.4 Å². The van der Waals surface area contributed by atoms with E-state index in [-0.39, 0.29) is 29.4 Å². The number of rotatable bonds is 8. The van der Waals surface area contributed by atoms with Crippen molar-refractivity contribution in [1.82, 2.24) is 0 Å². The van der Waals surface area contributed by atoms with Gasteiger partial charge in [-0.2, -0.15) is 0 Å². The average Bonchev–Trinajstić information content (AvgIpc) is 3.20. The Morgan fingerprint density at radius 2 is 1.57 bits per heavy atom. The predicted octanol–water partition coefficient (Wildman–Crippen LogP) is -0.809. The normalized spacial score (nSPS) is 23.5. The number of benzene rings is 2. The first-order valence-electron chi connectivity index (χ1n) is 12.5. The first kappa shape index (κ1) is 25.3. The summed E-state index contributed by atoms with van der Waals surface area (Å²) in [5.74, 6) is 0.134. The minimum absolute atomic E-state index is 0.0121. The number of sulfone groups is 1. The van der Waals surface area contributed by atoms with Crippen molar-refractivity contribution in [2.24, 2.45) is 0 Å². The van der Waals surface area contributed by atoms with Crippen molar-refractivity contribution in [3.05, 3.63) is 60.2 Å². The maximum absolute atomic E-state index is 13.4. The zero-order valence-corrected chi connectivity index (χ0v) is 21.1. The fourth-order valence-electron chi connectivity index (χ4n) is 5.11. The summed E-state index contributed by atoms with van der Waals surface area (Å²) in [7, 11) is -3.10. The van der Waals surface area contributed by atoms with Crippen LogP contribution in [0, 0.1) is 0 Å². The predicted molar refractivity (Wildman–Crippen MR) is 137 cm³/mol. The van der Waals surface area contributed by atoms with Crippen LogP contribution in [0.2, 0.25) is 0 Å². The second kappa shape index (κ2) is 11.3. The smallest absolute Gasteiger partial charge is 0.282 e. The second-order valence-corrected chi connectivity index (χ2v) is 11.8. The monoisotopic (exact) mass is 500 g/mol. The molecule has 1 unspecified atom stereocenters. The third kappa shape index (κ3) is 6.68. The summed E-state index contributed by atoms with van der Waals surface area (Å²) >= 11 is 0. The van der Waals surface area contributed by atoms with Crippen LogP contribution in [0.3, 0.4) is 0 Å². The van der Waals surface area contributed by atoms with E-state index >= 15 is 0 Å². The summed E-state index contributed by atoms with van der Waals surface area (Å²) in [5.41, 5.74) is 2.76. The van der Waals surface area contributed by atoms with E-state index in [1.165, 1.54) is 9.80 Å². The van der Waals surface area contributed by atoms with Crippen LogP contribution < -0.4 is 20.0 Å². The van der Waals surface area contributed by atoms with Crippen LogP contribution >= 0.6 is 0 Å². The van der Waals surface area contributed by atoms with Gasteiger partial charge in [0, 0.05) is 11.4 Å². The Bertz CT molecular complexity index is 1130. The van der Waals surface area contributed by atoms with Crippen molar-refractivity contribution in [2.75, 3.05) is 61.0 Å². The van der Waals surface area contributed by atoms with Gasteiger partial charge < -0.3 is 20.0 Å². The van der Waals surface area contributed by atoms with Gasteiger partial charge in [-0.05, 0) is 36.6 Å². The molecule has 2 aliphatic rings. The lowest BCUT2D eigenvalue weighted by molar-refractivity contribution is -1.00. The van der Waals surface area contributed by atoms with Gasteiger partial charge in [-0.3, -0.25) is 9.59 Å². The summed E-state index contributed by atoms with van der Waals surface area (Å²) in [5, 5.41) is 3.05. The number of para-hydroxylation sites is 2. The molecule has 0 saturated carbocycles. The van der Waals surface area contributed by atoms with Gasteiger partial charge >= 0.3 is 0 Å². The van der Waals surface area contributed by atoms with Crippen molar-refractivity contribution in [3.63, 3.8) is 0 Å². The van der Waals surface area contributed by atoms with Gasteiger partial charge in [0.15, 0.2) is 22.9 Å². The summed E-state index contributed by atoms with van der Waals surface area (Å²) in [6, 6.07) is 16.9. The molecule has 35 heavy (non-hydrogen) atoms. The van der Waals surface area contributed by atoms with Crippen LogP contribution in [-0.2, 0) is 25.8 Å². The fourth-order valence-corrected chi connectivity index (χ4v) is 6.81. The molecule has 8 nitrogen and oxygen atoms in total. The van der Waals surface area contributed by atoms with Crippen LogP contribution in [-0.4, -0.2) is 77.0 Å². The number of nitrogens with zero attached hydrogens (tertiary/aromatic N) is 1. The highest BCUT2D eigenvalue weighted by Gasteiger charge is 2.37. The molecule has 0 bridgehead atoms. The standard InChI is InChI=1S/C26H34N4O4S/c1-2-21-8-6-7-11-24(21)27-25(31)18-28-13-15-29(16-14-28)19-26(32)30(22-9-4-3-5-10-22)23-12-17-35(33,34)20-23/h3-11,23H,2,12-20H2,1H3,(H,27,31)/p+2. The summed E-state index contributed by atoms with van der Waals surface area (Å²) < 4.78 is 24.2. The van der Waals surface area contributed by atoms with Crippen molar-refractivity contribution in [1.29, 1.82) is 0 Å². The highest BCUT2D eigenvalue weighted by molar-refractivity contribution is 7.91. The van der Waals surface area contributed by atoms with Gasteiger partial charge in [0.25, 0.3) is 11.8 Å². The minimum atomic E-state index is -3.10. The zero-order valence-electron chi connectivity index (χ0n) is 20.3. The quantitative estimate of drug-likeness (QED) is 0.442. The van der Waals surface area contributed by atoms with Crippen molar-refractivity contribution in [2.45, 2.75) is 25.8 Å². The molecule has 0 radical (unpaired) electrons. The van der Waals surface area contributed by atoms with Gasteiger partial charge in [-0.1, -0.05) is 43.3 Å². The van der Waals surface area contributed by atoms with Crippen molar-refractivity contribution in [3.8, 4) is 0 Å². The van der Waals surface area contributed by atoms with E-state index in [1.807, 2.05) is 54.6 Å². The van der Waals surface area contributed by atoms with Crippen LogP contribution in [0.1, 0.15) is 18.9 Å². The van der Waals surface area contributed by atoms with E-state index in [9.17, 15) is 18.0 Å². The second-order valence-electron chi connectivity index (χ2n) is 9.57. The van der Waals surface area contributed by atoms with Crippen molar-refractivity contribution < 1.29 is 27.8 Å². The van der Waals surface area contributed by atoms with Crippen LogP contribution in [0.5, 0.6) is 0 Å². The number of anilines is 2. The van der Waals surface area contributed by atoms with E-state index < -0.39 is 9.84 Å². The molecule has 0 spiro atoms. The number of aryl methyl sites for hydroxylation is 1. The number of carbonyl (C=O) groups excluding carboxylic acids is 2. The Labute approximate surface area is 207 Å². The van der Waals surface area contributed by atoms with E-state index in [1.54, 1.807) is 4.90 Å². The molecule has 9 heteroatoms. The van der Waals surface area contributed by atoms with E-state index in [2.05, 4.69) is 12.2 Å². The Morgan fingerprint density at radius 1 is 0.943 bits per heavy atom. The van der Waals surface area contributed by atoms with Crippen LogP contribution in [0.4, 0.5) is 11.4 Å². The number of piperazine rings is 1. The Kier molecular flexibility index (Phi) is 8.20. The van der Waals surface area contributed by atoms with Gasteiger partial charge in [-0.25, -0.2) is 8.42 Å². The number of hydrogen-bond acceptors (Lipinski definition) is 4. The Morgan fingerprint density at radius 3 is 2.20 bits per heavy atom. The molecular weight excluding hydrogens is 464 g/mol. The summed E-state index contributed by atoms with van der Waals surface area (Å²) in [4.78, 5) is 30.1. The molecule has 2 heterocycles. The first-order valence-corrected chi connectivity index (χ1v) is 14.3. The molecule has 1 atom stereocenters. The van der Waals surface area contributed by atoms with E-state index in [0.717, 1.165) is 49.5 Å². The van der Waals surface area contributed by atoms with Gasteiger partial charge in [0.2, 0.25) is 0 Å². The lowest BCUT2D eigenvalue weighted by Gasteiger charge is -2.32. The molecule has 2 aromatic rings. The number of nitrogens with one attached hydrogen (secondary N) is 3. The molecular formula is C26H36N4O4S+2. The molecule has 0 aliphatic carbocycles. The number of quaternary nitrogens is 2. The fraction of sp³-hybridized carbons (Fsp3) is 0.462. The summed E-state index contributed by atoms with van der Waals surface area (Å²) in [6.45, 7) is 6.04. The maximum atomic E-state index is 13.4. The molecule has 0 aromatic heterocycles. The molecule has 2 fully saturated rings. The average molecular weight is 501 g/mol. The van der Waals surface area contributed by atoms with E-state index in [4.69, 9.17) is 0 Å². The van der Waals surface area contributed by atoms with Gasteiger partial charge in [0.05, 0.1) is 17.5 Å². The lowest BCUT2D eigenvalue weighted by Crippen LogP contribution is -3.28. The molecule has 2 amide bonds. The van der Waals surface area contributed by atoms with Gasteiger partial charge in [0.1, 0.15) is 26.2 Å². The third-order valence-corrected chi connectivity index (χ3v) is 8.78. The number of amides is 2. The lowest BCUT2D eigenvalue weighted by atomic mass is 10.1. The zero-order chi connectivity index (χ0) is 24.8. The largest absolute Gasteiger partial charge is 0.321 e. The Balaban J connectivity index is 1.31. The number of hydrogen-bond donors (Lipinski definition) is 3. The SMILES string of the molecule is CCc1ccccc1NC(=O)C[NH+]1CC[NH+](CC(=O)N(c2ccccc2)C2CCS(=O)(=O)C2)CC1. The van der Waals surface area contributed by atoms with Crippen LogP contribution in [0.25, 0.3) is 0 Å². The third-order valence-electron chi connectivity index (χ3n) is 7.02. The number of carbonyl (C=O) groups is 2. The minimum Gasteiger partial charge on any atom is -0.321 e. The molecule has 3 N–H and O–H groups in total. The Hall–Kier alpha value is -2.75. The molecule has 4 rings (SSSR count). The summed E-state index contributed by atoms with van der Waals surface area (Å²) in [6.07, 6.45) is 1.35. The first-order chi connectivity index (χ1) is 16.8. The highest BCUT2D eigenvalue weighted by atomic mass is 32.2. The van der Waals surface area contributed by atoms with Gasteiger partial charge in [-0.15, -0.1) is 0 Å². The van der Waals surface area contributed by atoms with E-state index in [0.29, 0.717) is 19.5 Å². The van der Waals surface area contributed by atoms with Crippen molar-refractivity contribution >= 4 is 33.0 Å². The molecule has 2 aliphatic heterocycles. The molecule has 188 valence electrons. The van der Waals surface area contributed by atoms with Crippen LogP contribution in [0.15, 0.2) is 54.6 Å². The maximum Gasteiger partial charge on any atom is 0.282 e. The molecule has 2 aromatic carbocycles.